The van der Waals surface area contributed by atoms with Crippen molar-refractivity contribution in [3.63, 3.8) is 0 Å². The van der Waals surface area contributed by atoms with Crippen molar-refractivity contribution < 1.29 is 0 Å². The lowest BCUT2D eigenvalue weighted by molar-refractivity contribution is 0.645. The first kappa shape index (κ1) is 34.1. The molecule has 1 aromatic heterocycles. The number of benzene rings is 8. The number of aromatic nitrogens is 2. The van der Waals surface area contributed by atoms with E-state index in [1.165, 1.54) is 61.2 Å². The van der Waals surface area contributed by atoms with Gasteiger partial charge in [0.1, 0.15) is 0 Å². The van der Waals surface area contributed by atoms with E-state index >= 15 is 0 Å². The smallest absolute Gasteiger partial charge is 0.160 e. The van der Waals surface area contributed by atoms with Crippen LogP contribution in [-0.2, 0) is 11.8 Å². The SMILES string of the molecule is c1ccc(-c2ccc(-c3cc(-c4ccccc4)nc(-c4ccc(C5(c6ccccc6)c6ccccc6CC[C@H]6c7ccccc7-c7cccc5c76)cc4)n3)cc2)cc1. The van der Waals surface area contributed by atoms with Gasteiger partial charge in [0.25, 0.3) is 0 Å². The van der Waals surface area contributed by atoms with Crippen LogP contribution < -0.4 is 0 Å². The van der Waals surface area contributed by atoms with Crippen LogP contribution in [0.15, 0.2) is 212 Å². The predicted molar refractivity (Wildman–Crippen MR) is 238 cm³/mol. The molecule has 58 heavy (non-hydrogen) atoms. The highest BCUT2D eigenvalue weighted by Crippen LogP contribution is 2.57. The van der Waals surface area contributed by atoms with Crippen LogP contribution in [0, 0.1) is 0 Å². The highest BCUT2D eigenvalue weighted by Gasteiger charge is 2.45. The Labute approximate surface area is 340 Å². The molecule has 0 amide bonds. The van der Waals surface area contributed by atoms with Crippen molar-refractivity contribution in [2.24, 2.45) is 0 Å². The quantitative estimate of drug-likeness (QED) is 0.170. The fourth-order valence-electron chi connectivity index (χ4n) is 9.84. The molecule has 0 fully saturated rings. The number of aryl methyl sites for hydroxylation is 1. The van der Waals surface area contributed by atoms with E-state index in [1.54, 1.807) is 0 Å². The molecular formula is C56H40N2. The molecule has 0 N–H and O–H groups in total. The van der Waals surface area contributed by atoms with E-state index in [0.717, 1.165) is 40.9 Å². The van der Waals surface area contributed by atoms with Gasteiger partial charge in [0.15, 0.2) is 5.82 Å². The monoisotopic (exact) mass is 740 g/mol. The third-order valence-corrected chi connectivity index (χ3v) is 12.5. The third-order valence-electron chi connectivity index (χ3n) is 12.5. The zero-order valence-electron chi connectivity index (χ0n) is 32.1. The molecular weight excluding hydrogens is 701 g/mol. The predicted octanol–water partition coefficient (Wildman–Crippen LogP) is 13.6. The molecule has 1 heterocycles. The van der Waals surface area contributed by atoms with Crippen molar-refractivity contribution in [1.29, 1.82) is 0 Å². The number of hydrogen-bond acceptors (Lipinski definition) is 2. The molecule has 8 aromatic carbocycles. The Hall–Kier alpha value is -7.16. The lowest BCUT2D eigenvalue weighted by atomic mass is 9.60. The van der Waals surface area contributed by atoms with Crippen molar-refractivity contribution in [2.45, 2.75) is 24.2 Å². The minimum Gasteiger partial charge on any atom is -0.228 e. The van der Waals surface area contributed by atoms with Gasteiger partial charge in [-0.1, -0.05) is 206 Å². The van der Waals surface area contributed by atoms with Crippen LogP contribution in [0.4, 0.5) is 0 Å². The molecule has 0 spiro atoms. The van der Waals surface area contributed by atoms with Crippen LogP contribution in [0.25, 0.3) is 56.2 Å². The second-order valence-corrected chi connectivity index (χ2v) is 15.6. The second-order valence-electron chi connectivity index (χ2n) is 15.6. The molecule has 0 radical (unpaired) electrons. The largest absolute Gasteiger partial charge is 0.228 e. The Morgan fingerprint density at radius 2 is 0.914 bits per heavy atom. The van der Waals surface area contributed by atoms with Gasteiger partial charge in [0.2, 0.25) is 0 Å². The van der Waals surface area contributed by atoms with Crippen molar-refractivity contribution in [3.8, 4) is 56.2 Å². The Morgan fingerprint density at radius 3 is 1.66 bits per heavy atom. The minimum absolute atomic E-state index is 0.326. The van der Waals surface area contributed by atoms with E-state index < -0.39 is 5.41 Å². The van der Waals surface area contributed by atoms with Gasteiger partial charge in [-0.3, -0.25) is 0 Å². The normalized spacial score (nSPS) is 16.4. The topological polar surface area (TPSA) is 25.8 Å². The van der Waals surface area contributed by atoms with Gasteiger partial charge >= 0.3 is 0 Å². The summed E-state index contributed by atoms with van der Waals surface area (Å²) in [4.78, 5) is 10.5. The molecule has 0 bridgehead atoms. The summed E-state index contributed by atoms with van der Waals surface area (Å²) in [5.74, 6) is 1.03. The molecule has 1 unspecified atom stereocenters. The Morgan fingerprint density at radius 1 is 0.397 bits per heavy atom. The summed E-state index contributed by atoms with van der Waals surface area (Å²) in [6.45, 7) is 0. The average molecular weight is 741 g/mol. The maximum atomic E-state index is 5.26. The van der Waals surface area contributed by atoms with E-state index in [1.807, 2.05) is 6.07 Å². The molecule has 2 aliphatic rings. The molecule has 0 aliphatic heterocycles. The molecule has 2 atom stereocenters. The standard InChI is InChI=1S/C56H40N2/c1-4-15-38(16-5-1)39-27-29-42(30-28-39)53-37-52(41-18-6-2-7-19-41)57-55(58-53)43-31-34-45(35-32-43)56(44-20-8-3-9-21-44)50-25-13-10-17-40(50)33-36-49-47-23-12-11-22-46(47)48-24-14-26-51(56)54(48)49/h1-32,34-35,37,49H,33,36H2/t49-,56?/m0/s1. The highest BCUT2D eigenvalue weighted by molar-refractivity contribution is 5.83. The average Bonchev–Trinajstić information content (AvgIpc) is 3.63. The summed E-state index contributed by atoms with van der Waals surface area (Å²) in [6, 6.07) is 77.3. The van der Waals surface area contributed by atoms with Crippen LogP contribution >= 0.6 is 0 Å². The van der Waals surface area contributed by atoms with Gasteiger partial charge in [0.05, 0.1) is 16.8 Å². The van der Waals surface area contributed by atoms with Crippen LogP contribution in [0.3, 0.4) is 0 Å². The van der Waals surface area contributed by atoms with Crippen LogP contribution in [-0.4, -0.2) is 9.97 Å². The van der Waals surface area contributed by atoms with Gasteiger partial charge in [-0.2, -0.15) is 0 Å². The summed E-state index contributed by atoms with van der Waals surface area (Å²) < 4.78 is 0. The van der Waals surface area contributed by atoms with Crippen LogP contribution in [0.2, 0.25) is 0 Å². The highest BCUT2D eigenvalue weighted by atomic mass is 14.9. The number of nitrogens with zero attached hydrogens (tertiary/aromatic N) is 2. The third kappa shape index (κ3) is 5.56. The fourth-order valence-corrected chi connectivity index (χ4v) is 9.84. The van der Waals surface area contributed by atoms with Crippen molar-refractivity contribution in [1.82, 2.24) is 9.97 Å². The number of fused-ring (bicyclic) bond motifs is 4. The first-order valence-electron chi connectivity index (χ1n) is 20.3. The number of rotatable bonds is 6. The maximum absolute atomic E-state index is 5.26. The summed E-state index contributed by atoms with van der Waals surface area (Å²) in [5, 5.41) is 0. The van der Waals surface area contributed by atoms with Gasteiger partial charge in [-0.15, -0.1) is 0 Å². The van der Waals surface area contributed by atoms with E-state index in [2.05, 4.69) is 206 Å². The minimum atomic E-state index is -0.555. The van der Waals surface area contributed by atoms with Gasteiger partial charge in [-0.25, -0.2) is 9.97 Å². The fraction of sp³-hybridized carbons (Fsp3) is 0.0714. The van der Waals surface area contributed by atoms with E-state index in [0.29, 0.717) is 11.7 Å². The van der Waals surface area contributed by atoms with Crippen LogP contribution in [0.5, 0.6) is 0 Å². The summed E-state index contributed by atoms with van der Waals surface area (Å²) in [7, 11) is 0. The molecule has 2 nitrogen and oxygen atoms in total. The van der Waals surface area contributed by atoms with Gasteiger partial charge < -0.3 is 0 Å². The van der Waals surface area contributed by atoms with E-state index in [-0.39, 0.29) is 0 Å². The molecule has 9 aromatic rings. The molecule has 274 valence electrons. The van der Waals surface area contributed by atoms with E-state index in [4.69, 9.17) is 9.97 Å². The lowest BCUT2D eigenvalue weighted by Crippen LogP contribution is -2.34. The van der Waals surface area contributed by atoms with Crippen molar-refractivity contribution >= 4 is 0 Å². The Balaban J connectivity index is 1.10. The first-order valence-corrected chi connectivity index (χ1v) is 20.3. The Bertz CT molecular complexity index is 2920. The second kappa shape index (κ2) is 14.1. The van der Waals surface area contributed by atoms with Crippen molar-refractivity contribution in [2.75, 3.05) is 0 Å². The first-order chi connectivity index (χ1) is 28.8. The zero-order chi connectivity index (χ0) is 38.5. The molecule has 2 aliphatic carbocycles. The van der Waals surface area contributed by atoms with E-state index in [9.17, 15) is 0 Å². The zero-order valence-corrected chi connectivity index (χ0v) is 32.1. The van der Waals surface area contributed by atoms with Gasteiger partial charge in [0, 0.05) is 22.6 Å². The summed E-state index contributed by atoms with van der Waals surface area (Å²) in [5.41, 5.74) is 19.0. The molecule has 0 saturated carbocycles. The summed E-state index contributed by atoms with van der Waals surface area (Å²) in [6.07, 6.45) is 2.08. The summed E-state index contributed by atoms with van der Waals surface area (Å²) >= 11 is 0. The van der Waals surface area contributed by atoms with Crippen LogP contribution in [0.1, 0.15) is 51.3 Å². The lowest BCUT2D eigenvalue weighted by Gasteiger charge is -2.41. The van der Waals surface area contributed by atoms with Crippen molar-refractivity contribution in [3.05, 3.63) is 251 Å². The molecule has 0 saturated heterocycles. The number of hydrogen-bond donors (Lipinski definition) is 0. The molecule has 2 heteroatoms. The maximum Gasteiger partial charge on any atom is 0.160 e. The molecule has 11 rings (SSSR count). The van der Waals surface area contributed by atoms with Gasteiger partial charge in [-0.05, 0) is 80.1 Å². The Kier molecular flexibility index (Phi) is 8.29.